The van der Waals surface area contributed by atoms with Crippen molar-refractivity contribution in [1.29, 1.82) is 0 Å². The minimum absolute atomic E-state index is 0.726. The topological polar surface area (TPSA) is 95.9 Å². The lowest BCUT2D eigenvalue weighted by atomic mass is 9.78. The van der Waals surface area contributed by atoms with Crippen molar-refractivity contribution >= 4 is 11.9 Å². The van der Waals surface area contributed by atoms with E-state index in [1.165, 1.54) is 36.8 Å². The molecule has 1 aromatic carbocycles. The molecule has 0 radical (unpaired) electrons. The summed E-state index contributed by atoms with van der Waals surface area (Å²) in [6.07, 6.45) is 6.46. The summed E-state index contributed by atoms with van der Waals surface area (Å²) in [5, 5.41) is 18.5. The zero-order chi connectivity index (χ0) is 21.1. The third-order valence-electron chi connectivity index (χ3n) is 5.46. The molecule has 6 nitrogen and oxygen atoms in total. The average Bonchev–Trinajstić information content (AvgIpc) is 2.63. The quantitative estimate of drug-likeness (QED) is 0.478. The second-order valence-corrected chi connectivity index (χ2v) is 7.76. The second-order valence-electron chi connectivity index (χ2n) is 7.76. The molecule has 158 valence electrons. The Morgan fingerprint density at radius 3 is 2.39 bits per heavy atom. The molecule has 1 aromatic rings. The first-order valence-corrected chi connectivity index (χ1v) is 10.1. The number of carboxylic acids is 2. The molecule has 0 bridgehead atoms. The van der Waals surface area contributed by atoms with Crippen molar-refractivity contribution < 1.29 is 24.5 Å². The molecular weight excluding hydrogens is 358 g/mol. The summed E-state index contributed by atoms with van der Waals surface area (Å²) in [5.41, 5.74) is 2.54. The van der Waals surface area contributed by atoms with Crippen LogP contribution in [0.1, 0.15) is 57.1 Å². The first-order valence-electron chi connectivity index (χ1n) is 10.1. The van der Waals surface area contributed by atoms with Gasteiger partial charge in [-0.1, -0.05) is 44.4 Å². The Morgan fingerprint density at radius 1 is 1.11 bits per heavy atom. The van der Waals surface area contributed by atoms with Gasteiger partial charge in [-0.15, -0.1) is 0 Å². The second kappa shape index (κ2) is 12.4. The van der Waals surface area contributed by atoms with Gasteiger partial charge in [0, 0.05) is 6.04 Å². The Hall–Kier alpha value is -2.08. The summed E-state index contributed by atoms with van der Waals surface area (Å²) in [6.45, 7) is 11.0. The molecule has 2 rings (SSSR count). The molecule has 3 atom stereocenters. The van der Waals surface area contributed by atoms with Crippen LogP contribution >= 0.6 is 0 Å². The zero-order valence-electron chi connectivity index (χ0n) is 17.5. The van der Waals surface area contributed by atoms with Crippen LogP contribution in [-0.4, -0.2) is 41.3 Å². The highest BCUT2D eigenvalue weighted by Crippen LogP contribution is 2.29. The van der Waals surface area contributed by atoms with Gasteiger partial charge in [-0.3, -0.25) is 0 Å². The molecule has 0 amide bonds. The SMILES string of the molecule is Cc1ccc(OCCCCNC2CCCC(C)C2C)c(C)c1.O=C(O)C(=O)O. The molecule has 28 heavy (non-hydrogen) atoms. The van der Waals surface area contributed by atoms with Crippen molar-refractivity contribution in [1.82, 2.24) is 5.32 Å². The van der Waals surface area contributed by atoms with Crippen LogP contribution in [0.3, 0.4) is 0 Å². The van der Waals surface area contributed by atoms with E-state index in [0.717, 1.165) is 43.2 Å². The predicted octanol–water partition coefficient (Wildman–Crippen LogP) is 4.03. The number of carboxylic acid groups (broad SMARTS) is 2. The average molecular weight is 394 g/mol. The maximum Gasteiger partial charge on any atom is 0.414 e. The van der Waals surface area contributed by atoms with Crippen molar-refractivity contribution in [3.05, 3.63) is 29.3 Å². The normalized spacial score (nSPS) is 21.4. The van der Waals surface area contributed by atoms with Crippen LogP contribution < -0.4 is 10.1 Å². The molecule has 3 N–H and O–H groups in total. The van der Waals surface area contributed by atoms with Crippen molar-refractivity contribution in [3.63, 3.8) is 0 Å². The summed E-state index contributed by atoms with van der Waals surface area (Å²) in [6, 6.07) is 7.12. The van der Waals surface area contributed by atoms with Crippen molar-refractivity contribution in [2.45, 2.75) is 65.8 Å². The lowest BCUT2D eigenvalue weighted by molar-refractivity contribution is -0.159. The van der Waals surface area contributed by atoms with Gasteiger partial charge in [0.25, 0.3) is 0 Å². The molecule has 6 heteroatoms. The molecule has 0 aliphatic heterocycles. The first-order chi connectivity index (χ1) is 13.2. The van der Waals surface area contributed by atoms with Crippen molar-refractivity contribution in [3.8, 4) is 5.75 Å². The Labute approximate surface area is 168 Å². The molecular formula is C22H35NO5. The van der Waals surface area contributed by atoms with Crippen LogP contribution in [-0.2, 0) is 9.59 Å². The van der Waals surface area contributed by atoms with E-state index in [0.29, 0.717) is 0 Å². The van der Waals surface area contributed by atoms with Crippen molar-refractivity contribution in [2.75, 3.05) is 13.2 Å². The number of rotatable bonds is 7. The first kappa shape index (κ1) is 24.0. The van der Waals surface area contributed by atoms with E-state index in [4.69, 9.17) is 24.5 Å². The summed E-state index contributed by atoms with van der Waals surface area (Å²) in [5.74, 6) is -0.919. The highest BCUT2D eigenvalue weighted by Gasteiger charge is 2.26. The molecule has 0 spiro atoms. The summed E-state index contributed by atoms with van der Waals surface area (Å²) >= 11 is 0. The summed E-state index contributed by atoms with van der Waals surface area (Å²) in [4.78, 5) is 18.2. The monoisotopic (exact) mass is 393 g/mol. The van der Waals surface area contributed by atoms with Gasteiger partial charge in [-0.05, 0) is 63.1 Å². The van der Waals surface area contributed by atoms with Crippen LogP contribution in [0, 0.1) is 25.7 Å². The highest BCUT2D eigenvalue weighted by molar-refractivity contribution is 6.27. The Kier molecular flexibility index (Phi) is 10.6. The van der Waals surface area contributed by atoms with Crippen LogP contribution in [0.4, 0.5) is 0 Å². The fourth-order valence-electron chi connectivity index (χ4n) is 3.53. The van der Waals surface area contributed by atoms with Gasteiger partial charge < -0.3 is 20.3 Å². The number of hydrogen-bond acceptors (Lipinski definition) is 4. The number of hydrogen-bond donors (Lipinski definition) is 3. The van der Waals surface area contributed by atoms with Gasteiger partial charge in [0.1, 0.15) is 5.75 Å². The van der Waals surface area contributed by atoms with Gasteiger partial charge in [0.05, 0.1) is 6.61 Å². The van der Waals surface area contributed by atoms with Gasteiger partial charge in [0.15, 0.2) is 0 Å². The van der Waals surface area contributed by atoms with Gasteiger partial charge in [-0.25, -0.2) is 9.59 Å². The molecule has 1 saturated carbocycles. The molecule has 1 aliphatic rings. The number of benzene rings is 1. The Balaban J connectivity index is 0.000000568. The zero-order valence-corrected chi connectivity index (χ0v) is 17.5. The van der Waals surface area contributed by atoms with Crippen LogP contribution in [0.15, 0.2) is 18.2 Å². The number of aliphatic carboxylic acids is 2. The molecule has 0 heterocycles. The van der Waals surface area contributed by atoms with Crippen LogP contribution in [0.25, 0.3) is 0 Å². The maximum atomic E-state index is 9.10. The summed E-state index contributed by atoms with van der Waals surface area (Å²) in [7, 11) is 0. The van der Waals surface area contributed by atoms with Crippen molar-refractivity contribution in [2.24, 2.45) is 11.8 Å². The molecule has 0 aromatic heterocycles. The number of carbonyl (C=O) groups is 2. The fourth-order valence-corrected chi connectivity index (χ4v) is 3.53. The molecule has 1 aliphatic carbocycles. The fraction of sp³-hybridized carbons (Fsp3) is 0.636. The Morgan fingerprint density at radius 2 is 1.79 bits per heavy atom. The number of unbranched alkanes of at least 4 members (excludes halogenated alkanes) is 1. The molecule has 0 saturated heterocycles. The predicted molar refractivity (Wildman–Crippen MR) is 110 cm³/mol. The van der Waals surface area contributed by atoms with Gasteiger partial charge in [-0.2, -0.15) is 0 Å². The third-order valence-corrected chi connectivity index (χ3v) is 5.46. The highest BCUT2D eigenvalue weighted by atomic mass is 16.5. The minimum Gasteiger partial charge on any atom is -0.493 e. The molecule has 1 fully saturated rings. The van der Waals surface area contributed by atoms with E-state index in [1.807, 2.05) is 0 Å². The lowest BCUT2D eigenvalue weighted by Gasteiger charge is -2.34. The van der Waals surface area contributed by atoms with E-state index in [-0.39, 0.29) is 0 Å². The minimum atomic E-state index is -1.82. The van der Waals surface area contributed by atoms with E-state index in [2.05, 4.69) is 51.2 Å². The van der Waals surface area contributed by atoms with E-state index >= 15 is 0 Å². The van der Waals surface area contributed by atoms with Gasteiger partial charge in [0.2, 0.25) is 0 Å². The number of ether oxygens (including phenoxy) is 1. The number of nitrogens with one attached hydrogen (secondary N) is 1. The summed E-state index contributed by atoms with van der Waals surface area (Å²) < 4.78 is 5.89. The largest absolute Gasteiger partial charge is 0.493 e. The molecule has 3 unspecified atom stereocenters. The third kappa shape index (κ3) is 8.74. The maximum absolute atomic E-state index is 9.10. The van der Waals surface area contributed by atoms with Gasteiger partial charge >= 0.3 is 11.9 Å². The Bertz CT molecular complexity index is 619. The number of aryl methyl sites for hydroxylation is 2. The van der Waals surface area contributed by atoms with Crippen LogP contribution in [0.5, 0.6) is 5.75 Å². The lowest BCUT2D eigenvalue weighted by Crippen LogP contribution is -2.41. The standard InChI is InChI=1S/C20H33NO.C2H2O4/c1-15-10-11-20(17(3)14-15)22-13-6-5-12-21-19-9-7-8-16(2)18(19)4;3-1(4)2(5)6/h10-11,14,16,18-19,21H,5-9,12-13H2,1-4H3;(H,3,4)(H,5,6). The van der Waals surface area contributed by atoms with E-state index < -0.39 is 11.9 Å². The smallest absolute Gasteiger partial charge is 0.414 e. The van der Waals surface area contributed by atoms with Crippen LogP contribution in [0.2, 0.25) is 0 Å². The van der Waals surface area contributed by atoms with E-state index in [1.54, 1.807) is 0 Å². The van der Waals surface area contributed by atoms with E-state index in [9.17, 15) is 0 Å².